The highest BCUT2D eigenvalue weighted by molar-refractivity contribution is 6.33. The van der Waals surface area contributed by atoms with Crippen LogP contribution < -0.4 is 5.32 Å². The van der Waals surface area contributed by atoms with Gasteiger partial charge in [0.2, 0.25) is 16.5 Å². The number of pyridine rings is 1. The van der Waals surface area contributed by atoms with Gasteiger partial charge in [-0.3, -0.25) is 15.0 Å². The van der Waals surface area contributed by atoms with E-state index in [0.29, 0.717) is 10.7 Å². The second kappa shape index (κ2) is 21.2. The van der Waals surface area contributed by atoms with Crippen molar-refractivity contribution in [2.24, 2.45) is 0 Å². The second-order valence-electron chi connectivity index (χ2n) is 6.54. The van der Waals surface area contributed by atoms with Crippen LogP contribution in [0.4, 0.5) is 11.6 Å². The molecule has 202 valence electrons. The number of halogens is 3. The third-order valence-corrected chi connectivity index (χ3v) is 4.37. The average Bonchev–Trinajstić information content (AvgIpc) is 3.03. The summed E-state index contributed by atoms with van der Waals surface area (Å²) in [6.07, 6.45) is 18.2. The molecule has 0 radical (unpaired) electrons. The van der Waals surface area contributed by atoms with E-state index in [-0.39, 0.29) is 16.5 Å². The van der Waals surface area contributed by atoms with Gasteiger partial charge in [-0.05, 0) is 65.7 Å². The van der Waals surface area contributed by atoms with Crippen LogP contribution >= 0.6 is 34.8 Å². The minimum absolute atomic E-state index is 0.0227. The molecule has 5 aromatic heterocycles. The predicted octanol–water partition coefficient (Wildman–Crippen LogP) is 6.09. The van der Waals surface area contributed by atoms with Gasteiger partial charge in [0.1, 0.15) is 6.33 Å². The lowest BCUT2D eigenvalue weighted by atomic mass is 10.3. The summed E-state index contributed by atoms with van der Waals surface area (Å²) in [7, 11) is 0. The van der Waals surface area contributed by atoms with Gasteiger partial charge >= 0.3 is 0 Å². The maximum Gasteiger partial charge on any atom is 0.232 e. The molecule has 6 rings (SSSR count). The van der Waals surface area contributed by atoms with E-state index in [2.05, 4.69) is 55.4 Å². The van der Waals surface area contributed by atoms with Crippen LogP contribution in [0, 0.1) is 0 Å². The fourth-order valence-corrected chi connectivity index (χ4v) is 2.68. The number of hydrogen-bond donors (Lipinski definition) is 1. The SMILES string of the molecule is Clc1nc(Cl)nc(Nc2ccccc2Cl)n1.c1ccncc1.c1ccnnc1.c1cnccn1.c1cncnc1. The number of benzene rings is 1. The topological polar surface area (TPSA) is 141 Å². The summed E-state index contributed by atoms with van der Waals surface area (Å²) < 4.78 is 0. The Bertz CT molecular complexity index is 1150. The maximum absolute atomic E-state index is 5.95. The normalized spacial score (nSPS) is 8.88. The second-order valence-corrected chi connectivity index (χ2v) is 7.62. The zero-order valence-electron chi connectivity index (χ0n) is 20.7. The summed E-state index contributed by atoms with van der Waals surface area (Å²) in [5, 5.41) is 10.6. The van der Waals surface area contributed by atoms with Crippen LogP contribution in [0.15, 0.2) is 129 Å². The zero-order chi connectivity index (χ0) is 28.5. The molecular formula is C26H22Cl3N11. The molecule has 0 amide bonds. The van der Waals surface area contributed by atoms with Crippen LogP contribution in [0.2, 0.25) is 15.6 Å². The fraction of sp³-hybridized carbons (Fsp3) is 0. The first-order valence-electron chi connectivity index (χ1n) is 11.2. The molecule has 5 heterocycles. The van der Waals surface area contributed by atoms with Crippen LogP contribution in [0.5, 0.6) is 0 Å². The standard InChI is InChI=1S/C9H5Cl3N4.C5H5N.3C4H4N2/c10-5-3-1-2-4-6(5)13-9-15-7(11)14-8(12)16-9;1-2-4-6-5-3-1;1-2-6-4-3-5-1;1-2-5-4-6-3-1;1-2-4-6-5-3-1/h1-4H,(H,13,14,15,16);1-5H;3*1-4H. The summed E-state index contributed by atoms with van der Waals surface area (Å²) in [6.45, 7) is 0. The molecular weight excluding hydrogens is 573 g/mol. The molecule has 0 spiro atoms. The molecule has 6 aromatic rings. The van der Waals surface area contributed by atoms with E-state index in [4.69, 9.17) is 34.8 Å². The number of rotatable bonds is 2. The monoisotopic (exact) mass is 593 g/mol. The minimum atomic E-state index is 0.0227. The first-order chi connectivity index (χ1) is 19.6. The Labute approximate surface area is 245 Å². The molecule has 0 saturated heterocycles. The maximum atomic E-state index is 5.95. The Hall–Kier alpha value is -4.71. The Morgan fingerprint density at radius 2 is 0.950 bits per heavy atom. The van der Waals surface area contributed by atoms with E-state index in [1.807, 2.05) is 42.5 Å². The van der Waals surface area contributed by atoms with Gasteiger partial charge in [-0.1, -0.05) is 29.8 Å². The van der Waals surface area contributed by atoms with Crippen molar-refractivity contribution < 1.29 is 0 Å². The highest BCUT2D eigenvalue weighted by atomic mass is 35.5. The summed E-state index contributed by atoms with van der Waals surface area (Å²) >= 11 is 17.2. The third kappa shape index (κ3) is 16.2. The number of para-hydroxylation sites is 1. The number of hydrogen-bond acceptors (Lipinski definition) is 11. The van der Waals surface area contributed by atoms with Crippen molar-refractivity contribution in [1.82, 2.24) is 50.1 Å². The zero-order valence-corrected chi connectivity index (χ0v) is 23.0. The van der Waals surface area contributed by atoms with Gasteiger partial charge in [0.15, 0.2) is 0 Å². The van der Waals surface area contributed by atoms with Crippen LogP contribution in [-0.2, 0) is 0 Å². The van der Waals surface area contributed by atoms with E-state index in [0.717, 1.165) is 0 Å². The lowest BCUT2D eigenvalue weighted by Crippen LogP contribution is -1.99. The number of nitrogens with one attached hydrogen (secondary N) is 1. The Balaban J connectivity index is 0.000000193. The van der Waals surface area contributed by atoms with Crippen molar-refractivity contribution in [2.45, 2.75) is 0 Å². The largest absolute Gasteiger partial charge is 0.323 e. The first kappa shape index (κ1) is 31.5. The Morgan fingerprint density at radius 1 is 0.450 bits per heavy atom. The molecule has 40 heavy (non-hydrogen) atoms. The van der Waals surface area contributed by atoms with Crippen molar-refractivity contribution in [1.29, 1.82) is 0 Å². The molecule has 11 nitrogen and oxygen atoms in total. The summed E-state index contributed by atoms with van der Waals surface area (Å²) in [6, 6.07) is 18.3. The summed E-state index contributed by atoms with van der Waals surface area (Å²) in [4.78, 5) is 29.9. The first-order valence-corrected chi connectivity index (χ1v) is 12.3. The van der Waals surface area contributed by atoms with Gasteiger partial charge in [-0.25, -0.2) is 9.97 Å². The van der Waals surface area contributed by atoms with Crippen molar-refractivity contribution in [2.75, 3.05) is 5.32 Å². The van der Waals surface area contributed by atoms with Gasteiger partial charge in [0.25, 0.3) is 0 Å². The molecule has 1 N–H and O–H groups in total. The molecule has 0 atom stereocenters. The van der Waals surface area contributed by atoms with Crippen molar-refractivity contribution in [3.63, 3.8) is 0 Å². The van der Waals surface area contributed by atoms with Crippen LogP contribution in [0.1, 0.15) is 0 Å². The van der Waals surface area contributed by atoms with Crippen molar-refractivity contribution in [3.05, 3.63) is 145 Å². The van der Waals surface area contributed by atoms with E-state index in [1.54, 1.807) is 80.2 Å². The van der Waals surface area contributed by atoms with Gasteiger partial charge in [0, 0.05) is 62.0 Å². The van der Waals surface area contributed by atoms with E-state index >= 15 is 0 Å². The van der Waals surface area contributed by atoms with Gasteiger partial charge < -0.3 is 5.32 Å². The summed E-state index contributed by atoms with van der Waals surface area (Å²) in [5.41, 5.74) is 0.669. The number of anilines is 2. The highest BCUT2D eigenvalue weighted by Crippen LogP contribution is 2.23. The molecule has 0 saturated carbocycles. The highest BCUT2D eigenvalue weighted by Gasteiger charge is 2.05. The summed E-state index contributed by atoms with van der Waals surface area (Å²) in [5.74, 6) is 0.248. The third-order valence-electron chi connectivity index (χ3n) is 3.71. The van der Waals surface area contributed by atoms with Crippen LogP contribution in [0.25, 0.3) is 0 Å². The molecule has 0 bridgehead atoms. The van der Waals surface area contributed by atoms with Gasteiger partial charge in [-0.15, -0.1) is 0 Å². The molecule has 14 heteroatoms. The van der Waals surface area contributed by atoms with Gasteiger partial charge in [-0.2, -0.15) is 25.1 Å². The molecule has 0 aliphatic carbocycles. The molecule has 0 aliphatic heterocycles. The fourth-order valence-electron chi connectivity index (χ4n) is 2.14. The van der Waals surface area contributed by atoms with E-state index < -0.39 is 0 Å². The predicted molar refractivity (Wildman–Crippen MR) is 155 cm³/mol. The lowest BCUT2D eigenvalue weighted by molar-refractivity contribution is 1.03. The minimum Gasteiger partial charge on any atom is -0.323 e. The quantitative estimate of drug-likeness (QED) is 0.249. The smallest absolute Gasteiger partial charge is 0.232 e. The van der Waals surface area contributed by atoms with Crippen LogP contribution in [-0.4, -0.2) is 50.1 Å². The Kier molecular flexibility index (Phi) is 16.7. The van der Waals surface area contributed by atoms with Gasteiger partial charge in [0.05, 0.1) is 10.7 Å². The average molecular weight is 595 g/mol. The molecule has 1 aromatic carbocycles. The van der Waals surface area contributed by atoms with Crippen molar-refractivity contribution >= 4 is 46.4 Å². The van der Waals surface area contributed by atoms with E-state index in [9.17, 15) is 0 Å². The molecule has 0 aliphatic rings. The Morgan fingerprint density at radius 3 is 1.30 bits per heavy atom. The lowest BCUT2D eigenvalue weighted by Gasteiger charge is -2.06. The van der Waals surface area contributed by atoms with E-state index in [1.165, 1.54) is 6.33 Å². The number of nitrogens with zero attached hydrogens (tertiary/aromatic N) is 10. The molecule has 0 unspecified atom stereocenters. The number of aromatic nitrogens is 10. The molecule has 0 fully saturated rings. The van der Waals surface area contributed by atoms with Crippen LogP contribution in [0.3, 0.4) is 0 Å². The van der Waals surface area contributed by atoms with Crippen molar-refractivity contribution in [3.8, 4) is 0 Å².